The highest BCUT2D eigenvalue weighted by Crippen LogP contribution is 2.18. The zero-order valence-electron chi connectivity index (χ0n) is 13.0. The van der Waals surface area contributed by atoms with E-state index >= 15 is 0 Å². The molecule has 2 N–H and O–H groups in total. The van der Waals surface area contributed by atoms with E-state index in [9.17, 15) is 9.90 Å². The molecule has 0 saturated carbocycles. The number of benzene rings is 2. The van der Waals surface area contributed by atoms with Crippen LogP contribution in [0, 0.1) is 0 Å². The molecule has 116 valence electrons. The highest BCUT2D eigenvalue weighted by atomic mass is 16.3. The van der Waals surface area contributed by atoms with Gasteiger partial charge in [0.1, 0.15) is 5.75 Å². The lowest BCUT2D eigenvalue weighted by Gasteiger charge is -2.20. The van der Waals surface area contributed by atoms with Crippen LogP contribution in [0.25, 0.3) is 0 Å². The fraction of sp³-hybridized carbons (Fsp3) is 0.278. The number of hydrogen-bond donors (Lipinski definition) is 2. The Morgan fingerprint density at radius 3 is 2.68 bits per heavy atom. The van der Waals surface area contributed by atoms with Crippen LogP contribution in [0.15, 0.2) is 48.5 Å². The number of amides is 1. The number of nitrogens with one attached hydrogen (secondary N) is 1. The van der Waals surface area contributed by atoms with Gasteiger partial charge in [-0.15, -0.1) is 0 Å². The Morgan fingerprint density at radius 1 is 1.18 bits per heavy atom. The first-order valence-electron chi connectivity index (χ1n) is 7.43. The molecule has 0 spiro atoms. The summed E-state index contributed by atoms with van der Waals surface area (Å²) in [5, 5.41) is 12.4. The fourth-order valence-corrected chi connectivity index (χ4v) is 2.31. The van der Waals surface area contributed by atoms with Gasteiger partial charge in [0.25, 0.3) is 0 Å². The van der Waals surface area contributed by atoms with Crippen molar-refractivity contribution >= 4 is 11.6 Å². The number of phenols is 1. The van der Waals surface area contributed by atoms with E-state index in [0.717, 1.165) is 23.4 Å². The molecule has 0 aliphatic carbocycles. The average Bonchev–Trinajstić information content (AvgIpc) is 2.52. The Labute approximate surface area is 131 Å². The van der Waals surface area contributed by atoms with Crippen LogP contribution in [-0.2, 0) is 17.8 Å². The van der Waals surface area contributed by atoms with E-state index in [0.29, 0.717) is 6.54 Å². The largest absolute Gasteiger partial charge is 0.508 e. The minimum absolute atomic E-state index is 0.0560. The van der Waals surface area contributed by atoms with Gasteiger partial charge in [0, 0.05) is 25.8 Å². The van der Waals surface area contributed by atoms with Crippen molar-refractivity contribution in [2.75, 3.05) is 18.5 Å². The van der Waals surface area contributed by atoms with Gasteiger partial charge in [-0.2, -0.15) is 0 Å². The maximum Gasteiger partial charge on any atom is 0.224 e. The van der Waals surface area contributed by atoms with Crippen molar-refractivity contribution < 1.29 is 9.90 Å². The molecule has 22 heavy (non-hydrogen) atoms. The molecule has 0 radical (unpaired) electrons. The zero-order valence-corrected chi connectivity index (χ0v) is 13.0. The summed E-state index contributed by atoms with van der Waals surface area (Å²) in [6.45, 7) is 3.50. The molecule has 0 aromatic heterocycles. The summed E-state index contributed by atoms with van der Waals surface area (Å²) < 4.78 is 0. The number of rotatable bonds is 6. The Bertz CT molecular complexity index is 640. The van der Waals surface area contributed by atoms with Crippen LogP contribution in [0.3, 0.4) is 0 Å². The van der Waals surface area contributed by atoms with Crippen LogP contribution in [-0.4, -0.2) is 24.6 Å². The minimum Gasteiger partial charge on any atom is -0.508 e. The molecule has 0 aliphatic rings. The van der Waals surface area contributed by atoms with Crippen LogP contribution in [0.5, 0.6) is 5.75 Å². The highest BCUT2D eigenvalue weighted by Gasteiger charge is 2.08. The predicted octanol–water partition coefficient (Wildman–Crippen LogP) is 2.71. The SMILES string of the molecule is CCN(C)c1ccccc1CNC(=O)Cc1cccc(O)c1. The standard InChI is InChI=1S/C18H22N2O2/c1-3-20(2)17-10-5-4-8-15(17)13-19-18(22)12-14-7-6-9-16(21)11-14/h4-11,21H,3,12-13H2,1-2H3,(H,19,22). The number of para-hydroxylation sites is 1. The van der Waals surface area contributed by atoms with Crippen molar-refractivity contribution in [1.29, 1.82) is 0 Å². The van der Waals surface area contributed by atoms with Crippen LogP contribution < -0.4 is 10.2 Å². The Morgan fingerprint density at radius 2 is 1.95 bits per heavy atom. The van der Waals surface area contributed by atoms with Crippen molar-refractivity contribution in [3.63, 3.8) is 0 Å². The van der Waals surface area contributed by atoms with Crippen molar-refractivity contribution in [3.05, 3.63) is 59.7 Å². The lowest BCUT2D eigenvalue weighted by molar-refractivity contribution is -0.120. The third kappa shape index (κ3) is 4.25. The van der Waals surface area contributed by atoms with E-state index in [4.69, 9.17) is 0 Å². The summed E-state index contributed by atoms with van der Waals surface area (Å²) in [6.07, 6.45) is 0.264. The summed E-state index contributed by atoms with van der Waals surface area (Å²) in [5.74, 6) is 0.125. The van der Waals surface area contributed by atoms with Gasteiger partial charge in [0.2, 0.25) is 5.91 Å². The van der Waals surface area contributed by atoms with Crippen molar-refractivity contribution in [2.24, 2.45) is 0 Å². The molecule has 0 fully saturated rings. The molecule has 4 nitrogen and oxygen atoms in total. The molecule has 2 aromatic carbocycles. The van der Waals surface area contributed by atoms with E-state index in [1.165, 1.54) is 0 Å². The minimum atomic E-state index is -0.0560. The molecule has 2 aromatic rings. The second kappa shape index (κ2) is 7.50. The van der Waals surface area contributed by atoms with Crippen molar-refractivity contribution in [1.82, 2.24) is 5.32 Å². The Hall–Kier alpha value is -2.49. The summed E-state index contributed by atoms with van der Waals surface area (Å²) in [4.78, 5) is 14.2. The molecule has 1 amide bonds. The number of carbonyl (C=O) groups is 1. The van der Waals surface area contributed by atoms with Gasteiger partial charge >= 0.3 is 0 Å². The highest BCUT2D eigenvalue weighted by molar-refractivity contribution is 5.78. The molecule has 0 aliphatic heterocycles. The van der Waals surface area contributed by atoms with Gasteiger partial charge in [-0.1, -0.05) is 30.3 Å². The van der Waals surface area contributed by atoms with Crippen LogP contribution in [0.1, 0.15) is 18.1 Å². The molecule has 0 unspecified atom stereocenters. The molecule has 0 saturated heterocycles. The van der Waals surface area contributed by atoms with Gasteiger partial charge < -0.3 is 15.3 Å². The molecule has 0 heterocycles. The summed E-state index contributed by atoms with van der Waals surface area (Å²) in [7, 11) is 2.04. The van der Waals surface area contributed by atoms with Gasteiger partial charge in [-0.05, 0) is 36.2 Å². The second-order valence-corrected chi connectivity index (χ2v) is 5.27. The normalized spacial score (nSPS) is 10.3. The number of hydrogen-bond acceptors (Lipinski definition) is 3. The lowest BCUT2D eigenvalue weighted by Crippen LogP contribution is -2.26. The quantitative estimate of drug-likeness (QED) is 0.862. The van der Waals surface area contributed by atoms with Crippen LogP contribution >= 0.6 is 0 Å². The molecule has 4 heteroatoms. The lowest BCUT2D eigenvalue weighted by atomic mass is 10.1. The summed E-state index contributed by atoms with van der Waals surface area (Å²) >= 11 is 0. The molecule has 2 rings (SSSR count). The number of anilines is 1. The smallest absolute Gasteiger partial charge is 0.224 e. The molecular formula is C18H22N2O2. The van der Waals surface area contributed by atoms with E-state index in [-0.39, 0.29) is 18.1 Å². The molecular weight excluding hydrogens is 276 g/mol. The van der Waals surface area contributed by atoms with Gasteiger partial charge in [0.05, 0.1) is 6.42 Å². The third-order valence-electron chi connectivity index (χ3n) is 3.63. The third-order valence-corrected chi connectivity index (χ3v) is 3.63. The predicted molar refractivity (Wildman–Crippen MR) is 89.0 cm³/mol. The molecule has 0 bridgehead atoms. The van der Waals surface area contributed by atoms with Crippen molar-refractivity contribution in [2.45, 2.75) is 19.9 Å². The number of aromatic hydroxyl groups is 1. The van der Waals surface area contributed by atoms with Crippen molar-refractivity contribution in [3.8, 4) is 5.75 Å². The first-order valence-corrected chi connectivity index (χ1v) is 7.43. The van der Waals surface area contributed by atoms with E-state index < -0.39 is 0 Å². The topological polar surface area (TPSA) is 52.6 Å². The number of phenolic OH excluding ortho intramolecular Hbond substituents is 1. The maximum absolute atomic E-state index is 12.0. The average molecular weight is 298 g/mol. The monoisotopic (exact) mass is 298 g/mol. The van der Waals surface area contributed by atoms with Crippen LogP contribution in [0.4, 0.5) is 5.69 Å². The first kappa shape index (κ1) is 15.9. The summed E-state index contributed by atoms with van der Waals surface area (Å²) in [6, 6.07) is 14.8. The maximum atomic E-state index is 12.0. The Kier molecular flexibility index (Phi) is 5.42. The Balaban J connectivity index is 1.97. The zero-order chi connectivity index (χ0) is 15.9. The fourth-order valence-electron chi connectivity index (χ4n) is 2.31. The molecule has 0 atom stereocenters. The number of nitrogens with zero attached hydrogens (tertiary/aromatic N) is 1. The first-order chi connectivity index (χ1) is 10.6. The van der Waals surface area contributed by atoms with E-state index in [2.05, 4.69) is 23.2 Å². The van der Waals surface area contributed by atoms with Gasteiger partial charge in [-0.25, -0.2) is 0 Å². The van der Waals surface area contributed by atoms with E-state index in [1.807, 2.05) is 31.3 Å². The summed E-state index contributed by atoms with van der Waals surface area (Å²) in [5.41, 5.74) is 3.02. The van der Waals surface area contributed by atoms with Gasteiger partial charge in [-0.3, -0.25) is 4.79 Å². The number of carbonyl (C=O) groups excluding carboxylic acids is 1. The van der Waals surface area contributed by atoms with Crippen LogP contribution in [0.2, 0.25) is 0 Å². The second-order valence-electron chi connectivity index (χ2n) is 5.27. The van der Waals surface area contributed by atoms with Gasteiger partial charge in [0.15, 0.2) is 0 Å². The van der Waals surface area contributed by atoms with E-state index in [1.54, 1.807) is 18.2 Å².